The minimum absolute atomic E-state index is 0.146. The van der Waals surface area contributed by atoms with Crippen LogP contribution in [0.25, 0.3) is 6.08 Å². The van der Waals surface area contributed by atoms with Crippen molar-refractivity contribution in [2.24, 2.45) is 5.41 Å². The second-order valence-corrected chi connectivity index (χ2v) is 10.9. The van der Waals surface area contributed by atoms with Gasteiger partial charge in [0.2, 0.25) is 0 Å². The van der Waals surface area contributed by atoms with Crippen molar-refractivity contribution >= 4 is 46.4 Å². The van der Waals surface area contributed by atoms with Gasteiger partial charge in [0.1, 0.15) is 11.5 Å². The third kappa shape index (κ3) is 3.36. The van der Waals surface area contributed by atoms with E-state index in [1.807, 2.05) is 41.3 Å². The number of hydrogen-bond acceptors (Lipinski definition) is 6. The second-order valence-electron chi connectivity index (χ2n) is 10.5. The number of rotatable bonds is 4. The molecule has 1 unspecified atom stereocenters. The lowest BCUT2D eigenvalue weighted by Gasteiger charge is -2.37. The number of para-hydroxylation sites is 1. The number of ketones is 3. The molecule has 3 atom stereocenters. The predicted octanol–water partition coefficient (Wildman–Crippen LogP) is 6.56. The zero-order valence-electron chi connectivity index (χ0n) is 21.4. The summed E-state index contributed by atoms with van der Waals surface area (Å²) in [5.41, 5.74) is 1.14. The van der Waals surface area contributed by atoms with Crippen molar-refractivity contribution in [2.75, 3.05) is 4.90 Å². The van der Waals surface area contributed by atoms with Crippen LogP contribution in [-0.2, 0) is 0 Å². The summed E-state index contributed by atoms with van der Waals surface area (Å²) in [5.74, 6) is -2.01. The van der Waals surface area contributed by atoms with Crippen molar-refractivity contribution in [2.45, 2.75) is 18.0 Å². The summed E-state index contributed by atoms with van der Waals surface area (Å²) in [6, 6.07) is 24.9. The Morgan fingerprint density at radius 2 is 1.44 bits per heavy atom. The van der Waals surface area contributed by atoms with Gasteiger partial charge in [-0.25, -0.2) is 0 Å². The maximum atomic E-state index is 14.6. The highest BCUT2D eigenvalue weighted by molar-refractivity contribution is 6.34. The van der Waals surface area contributed by atoms with Crippen molar-refractivity contribution in [1.82, 2.24) is 0 Å². The van der Waals surface area contributed by atoms with Crippen LogP contribution in [0.1, 0.15) is 48.1 Å². The standard InChI is InChI=1S/C33H21ClN2O5/c34-25-11-5-4-10-24(25)28-29(30(37)20-13-16-21(17-14-20)36(40)41)35-26-12-6-1-7-19(26)15-18-27(35)33(28)31(38)22-8-2-3-9-23(22)32(33)39/h1-18,27-29H/t27?,28-,29+/m0/s1. The molecule has 0 aromatic heterocycles. The Hall–Kier alpha value is -4.88. The quantitative estimate of drug-likeness (QED) is 0.121. The van der Waals surface area contributed by atoms with E-state index in [2.05, 4.69) is 0 Å². The third-order valence-corrected chi connectivity index (χ3v) is 8.93. The molecule has 1 fully saturated rings. The molecular formula is C33H21ClN2O5. The summed E-state index contributed by atoms with van der Waals surface area (Å²) in [4.78, 5) is 56.5. The number of halogens is 1. The summed E-state index contributed by atoms with van der Waals surface area (Å²) in [5, 5.41) is 11.6. The molecule has 0 bridgehead atoms. The van der Waals surface area contributed by atoms with Gasteiger partial charge in [-0.2, -0.15) is 0 Å². The van der Waals surface area contributed by atoms with Crippen molar-refractivity contribution in [3.8, 4) is 0 Å². The van der Waals surface area contributed by atoms with Crippen LogP contribution in [0, 0.1) is 15.5 Å². The van der Waals surface area contributed by atoms with Gasteiger partial charge in [0.05, 0.1) is 11.0 Å². The fourth-order valence-corrected chi connectivity index (χ4v) is 7.16. The smallest absolute Gasteiger partial charge is 0.269 e. The lowest BCUT2D eigenvalue weighted by Crippen LogP contribution is -2.48. The molecule has 0 saturated carbocycles. The number of non-ortho nitro benzene ring substituents is 1. The van der Waals surface area contributed by atoms with E-state index >= 15 is 0 Å². The Morgan fingerprint density at radius 3 is 2.10 bits per heavy atom. The first kappa shape index (κ1) is 25.1. The Morgan fingerprint density at radius 1 is 0.829 bits per heavy atom. The fourth-order valence-electron chi connectivity index (χ4n) is 6.91. The molecule has 41 heavy (non-hydrogen) atoms. The van der Waals surface area contributed by atoms with E-state index in [0.717, 1.165) is 5.56 Å². The summed E-state index contributed by atoms with van der Waals surface area (Å²) >= 11 is 6.80. The molecule has 4 aromatic rings. The molecule has 0 radical (unpaired) electrons. The van der Waals surface area contributed by atoms with E-state index < -0.39 is 28.3 Å². The second kappa shape index (κ2) is 9.08. The van der Waals surface area contributed by atoms with Gasteiger partial charge in [-0.3, -0.25) is 24.5 Å². The fraction of sp³-hybridized carbons (Fsp3) is 0.121. The maximum absolute atomic E-state index is 14.6. The average molecular weight is 561 g/mol. The molecule has 7 rings (SSSR count). The van der Waals surface area contributed by atoms with Crippen LogP contribution in [0.2, 0.25) is 5.02 Å². The monoisotopic (exact) mass is 560 g/mol. The zero-order chi connectivity index (χ0) is 28.5. The molecule has 2 aliphatic heterocycles. The van der Waals surface area contributed by atoms with E-state index in [4.69, 9.17) is 11.6 Å². The van der Waals surface area contributed by atoms with Crippen LogP contribution >= 0.6 is 11.6 Å². The highest BCUT2D eigenvalue weighted by Crippen LogP contribution is 2.61. The average Bonchev–Trinajstić information content (AvgIpc) is 3.43. The van der Waals surface area contributed by atoms with E-state index in [1.54, 1.807) is 48.5 Å². The van der Waals surface area contributed by atoms with Gasteiger partial charge in [0.15, 0.2) is 17.3 Å². The number of fused-ring (bicyclic) bond motifs is 5. The number of nitro groups is 1. The van der Waals surface area contributed by atoms with Gasteiger partial charge in [-0.15, -0.1) is 0 Å². The molecule has 0 amide bonds. The first-order valence-corrected chi connectivity index (χ1v) is 13.5. The summed E-state index contributed by atoms with van der Waals surface area (Å²) in [7, 11) is 0. The highest BCUT2D eigenvalue weighted by atomic mass is 35.5. The Kier molecular flexibility index (Phi) is 5.56. The zero-order valence-corrected chi connectivity index (χ0v) is 22.2. The third-order valence-electron chi connectivity index (χ3n) is 8.58. The SMILES string of the molecule is O=C(c1ccc([N+](=O)[O-])cc1)[C@H]1[C@H](c2ccccc2Cl)C2(C(=O)c3ccccc3C2=O)C2C=Cc3ccccc3N21. The number of carbonyl (C=O) groups excluding carboxylic acids is 3. The molecule has 8 heteroatoms. The molecule has 4 aromatic carbocycles. The van der Waals surface area contributed by atoms with Crippen LogP contribution in [0.4, 0.5) is 11.4 Å². The molecule has 2 heterocycles. The van der Waals surface area contributed by atoms with Crippen LogP contribution in [0.5, 0.6) is 0 Å². The molecule has 3 aliphatic rings. The minimum atomic E-state index is -1.67. The molecule has 1 saturated heterocycles. The maximum Gasteiger partial charge on any atom is 0.269 e. The Labute approximate surface area is 239 Å². The topological polar surface area (TPSA) is 97.6 Å². The van der Waals surface area contributed by atoms with Gasteiger partial charge in [0, 0.05) is 45.5 Å². The first-order valence-electron chi connectivity index (χ1n) is 13.1. The predicted molar refractivity (Wildman–Crippen MR) is 155 cm³/mol. The van der Waals surface area contributed by atoms with E-state index in [1.165, 1.54) is 24.3 Å². The van der Waals surface area contributed by atoms with Gasteiger partial charge < -0.3 is 4.90 Å². The number of Topliss-reactive ketones (excluding diaryl/α,β-unsaturated/α-hetero) is 3. The van der Waals surface area contributed by atoms with Crippen LogP contribution < -0.4 is 4.90 Å². The first-order chi connectivity index (χ1) is 19.9. The summed E-state index contributed by atoms with van der Waals surface area (Å²) < 4.78 is 0. The lowest BCUT2D eigenvalue weighted by molar-refractivity contribution is -0.384. The molecule has 7 nitrogen and oxygen atoms in total. The number of carbonyl (C=O) groups is 3. The van der Waals surface area contributed by atoms with Crippen molar-refractivity contribution < 1.29 is 19.3 Å². The van der Waals surface area contributed by atoms with Crippen molar-refractivity contribution in [1.29, 1.82) is 0 Å². The van der Waals surface area contributed by atoms with E-state index in [0.29, 0.717) is 27.4 Å². The number of nitrogens with zero attached hydrogens (tertiary/aromatic N) is 2. The molecular weight excluding hydrogens is 540 g/mol. The Balaban J connectivity index is 1.53. The van der Waals surface area contributed by atoms with E-state index in [-0.39, 0.29) is 28.6 Å². The van der Waals surface area contributed by atoms with Gasteiger partial charge in [0.25, 0.3) is 5.69 Å². The van der Waals surface area contributed by atoms with Gasteiger partial charge in [-0.1, -0.05) is 84.4 Å². The summed E-state index contributed by atoms with van der Waals surface area (Å²) in [6.07, 6.45) is 3.74. The number of benzene rings is 4. The van der Waals surface area contributed by atoms with Crippen LogP contribution in [0.3, 0.4) is 0 Å². The number of hydrogen-bond donors (Lipinski definition) is 0. The minimum Gasteiger partial charge on any atom is -0.352 e. The Bertz CT molecular complexity index is 1790. The van der Waals surface area contributed by atoms with Gasteiger partial charge in [-0.05, 0) is 35.4 Å². The summed E-state index contributed by atoms with van der Waals surface area (Å²) in [6.45, 7) is 0. The highest BCUT2D eigenvalue weighted by Gasteiger charge is 2.71. The van der Waals surface area contributed by atoms with Crippen molar-refractivity contribution in [3.05, 3.63) is 146 Å². The molecule has 1 aliphatic carbocycles. The lowest BCUT2D eigenvalue weighted by atomic mass is 9.64. The van der Waals surface area contributed by atoms with Crippen LogP contribution in [-0.4, -0.2) is 34.4 Å². The number of nitro benzene ring substituents is 1. The normalized spacial score (nSPS) is 21.5. The molecule has 200 valence electrons. The molecule has 1 spiro atoms. The van der Waals surface area contributed by atoms with Gasteiger partial charge >= 0.3 is 0 Å². The largest absolute Gasteiger partial charge is 0.352 e. The number of anilines is 1. The van der Waals surface area contributed by atoms with Crippen molar-refractivity contribution in [3.63, 3.8) is 0 Å². The van der Waals surface area contributed by atoms with E-state index in [9.17, 15) is 24.5 Å². The van der Waals surface area contributed by atoms with Crippen LogP contribution in [0.15, 0.2) is 103 Å². The molecule has 0 N–H and O–H groups in total.